The molecule has 2 amide bonds. The average Bonchev–Trinajstić information content (AvgIpc) is 3.09. The number of ether oxygens (including phenoxy) is 2. The van der Waals surface area contributed by atoms with Crippen LogP contribution in [0.15, 0.2) is 48.5 Å². The van der Waals surface area contributed by atoms with Crippen molar-refractivity contribution in [3.63, 3.8) is 0 Å². The predicted octanol–water partition coefficient (Wildman–Crippen LogP) is 2.88. The van der Waals surface area contributed by atoms with Gasteiger partial charge >= 0.3 is 5.97 Å². The second kappa shape index (κ2) is 8.75. The van der Waals surface area contributed by atoms with E-state index in [2.05, 4.69) is 5.32 Å². The van der Waals surface area contributed by atoms with Crippen LogP contribution in [0.3, 0.4) is 0 Å². The average molecular weight is 403 g/mol. The zero-order chi connectivity index (χ0) is 20.1. The Bertz CT molecular complexity index is 887. The molecule has 28 heavy (non-hydrogen) atoms. The number of para-hydroxylation sites is 1. The number of rotatable bonds is 6. The van der Waals surface area contributed by atoms with Gasteiger partial charge in [0.25, 0.3) is 5.91 Å². The Balaban J connectivity index is 1.54. The molecular formula is C20H19ClN2O5. The molecule has 1 heterocycles. The van der Waals surface area contributed by atoms with Crippen LogP contribution in [-0.2, 0) is 19.1 Å². The lowest BCUT2D eigenvalue weighted by Crippen LogP contribution is -2.28. The third-order valence-electron chi connectivity index (χ3n) is 4.31. The van der Waals surface area contributed by atoms with Crippen LogP contribution in [0.25, 0.3) is 0 Å². The van der Waals surface area contributed by atoms with E-state index in [-0.39, 0.29) is 18.9 Å². The first kappa shape index (κ1) is 19.7. The molecule has 0 aliphatic carbocycles. The van der Waals surface area contributed by atoms with Crippen molar-refractivity contribution in [2.24, 2.45) is 5.92 Å². The number of nitrogens with one attached hydrogen (secondary N) is 1. The van der Waals surface area contributed by atoms with Gasteiger partial charge in [-0.25, -0.2) is 0 Å². The molecule has 3 rings (SSSR count). The maximum Gasteiger partial charge on any atom is 0.311 e. The third-order valence-corrected chi connectivity index (χ3v) is 4.54. The van der Waals surface area contributed by atoms with Gasteiger partial charge in [-0.3, -0.25) is 14.4 Å². The quantitative estimate of drug-likeness (QED) is 0.751. The molecule has 0 radical (unpaired) electrons. The molecule has 2 aromatic rings. The van der Waals surface area contributed by atoms with Crippen molar-refractivity contribution in [3.8, 4) is 5.75 Å². The summed E-state index contributed by atoms with van der Waals surface area (Å²) in [6, 6.07) is 13.9. The summed E-state index contributed by atoms with van der Waals surface area (Å²) >= 11 is 5.92. The summed E-state index contributed by atoms with van der Waals surface area (Å²) in [6.07, 6.45) is 0.0530. The molecule has 1 fully saturated rings. The molecule has 2 aromatic carbocycles. The molecule has 1 aliphatic heterocycles. The van der Waals surface area contributed by atoms with E-state index in [0.29, 0.717) is 16.5 Å². The zero-order valence-corrected chi connectivity index (χ0v) is 15.9. The molecule has 1 aliphatic rings. The number of hydrogen-bond donors (Lipinski definition) is 1. The van der Waals surface area contributed by atoms with Crippen LogP contribution in [-0.4, -0.2) is 38.0 Å². The molecular weight excluding hydrogens is 384 g/mol. The highest BCUT2D eigenvalue weighted by Gasteiger charge is 2.36. The fourth-order valence-electron chi connectivity index (χ4n) is 2.94. The second-order valence-electron chi connectivity index (χ2n) is 6.24. The van der Waals surface area contributed by atoms with Crippen molar-refractivity contribution in [1.29, 1.82) is 0 Å². The molecule has 146 valence electrons. The van der Waals surface area contributed by atoms with Crippen LogP contribution in [0.4, 0.5) is 11.4 Å². The van der Waals surface area contributed by atoms with Crippen molar-refractivity contribution < 1.29 is 23.9 Å². The van der Waals surface area contributed by atoms with Crippen molar-refractivity contribution in [1.82, 2.24) is 0 Å². The number of halogens is 1. The summed E-state index contributed by atoms with van der Waals surface area (Å²) in [5.74, 6) is -1.44. The van der Waals surface area contributed by atoms with Crippen LogP contribution in [0.1, 0.15) is 6.42 Å². The Hall–Kier alpha value is -3.06. The van der Waals surface area contributed by atoms with Gasteiger partial charge in [-0.15, -0.1) is 0 Å². The standard InChI is InChI=1S/C20H19ClN2O5/c1-27-17-8-7-14(21)10-16(17)22-18(24)12-28-20(26)13-9-19(25)23(11-13)15-5-3-2-4-6-15/h2-8,10,13H,9,11-12H2,1H3,(H,22,24). The van der Waals surface area contributed by atoms with Crippen molar-refractivity contribution in [3.05, 3.63) is 53.6 Å². The van der Waals surface area contributed by atoms with E-state index in [1.165, 1.54) is 13.2 Å². The van der Waals surface area contributed by atoms with E-state index < -0.39 is 24.4 Å². The van der Waals surface area contributed by atoms with Gasteiger partial charge in [0.05, 0.1) is 18.7 Å². The molecule has 1 saturated heterocycles. The van der Waals surface area contributed by atoms with Gasteiger partial charge in [-0.2, -0.15) is 0 Å². The molecule has 1 atom stereocenters. The molecule has 0 saturated carbocycles. The maximum absolute atomic E-state index is 12.3. The molecule has 7 nitrogen and oxygen atoms in total. The summed E-state index contributed by atoms with van der Waals surface area (Å²) in [5.41, 5.74) is 1.11. The summed E-state index contributed by atoms with van der Waals surface area (Å²) < 4.78 is 10.2. The lowest BCUT2D eigenvalue weighted by Gasteiger charge is -2.16. The molecule has 8 heteroatoms. The Morgan fingerprint density at radius 3 is 2.68 bits per heavy atom. The first-order valence-electron chi connectivity index (χ1n) is 8.63. The second-order valence-corrected chi connectivity index (χ2v) is 6.68. The van der Waals surface area contributed by atoms with Gasteiger partial charge in [0, 0.05) is 23.7 Å². The minimum atomic E-state index is -0.610. The molecule has 1 N–H and O–H groups in total. The highest BCUT2D eigenvalue weighted by Crippen LogP contribution is 2.28. The van der Waals surface area contributed by atoms with Crippen LogP contribution < -0.4 is 15.0 Å². The number of benzene rings is 2. The number of anilines is 2. The zero-order valence-electron chi connectivity index (χ0n) is 15.2. The normalized spacial score (nSPS) is 16.0. The van der Waals surface area contributed by atoms with E-state index in [1.54, 1.807) is 29.2 Å². The van der Waals surface area contributed by atoms with E-state index in [0.717, 1.165) is 5.69 Å². The highest BCUT2D eigenvalue weighted by molar-refractivity contribution is 6.31. The van der Waals surface area contributed by atoms with Crippen molar-refractivity contribution >= 4 is 40.8 Å². The lowest BCUT2D eigenvalue weighted by atomic mass is 10.1. The smallest absolute Gasteiger partial charge is 0.311 e. The first-order chi connectivity index (χ1) is 13.5. The monoisotopic (exact) mass is 402 g/mol. The number of carbonyl (C=O) groups excluding carboxylic acids is 3. The third kappa shape index (κ3) is 4.61. The van der Waals surface area contributed by atoms with Crippen molar-refractivity contribution in [2.75, 3.05) is 30.5 Å². The molecule has 0 spiro atoms. The van der Waals surface area contributed by atoms with Gasteiger partial charge in [0.1, 0.15) is 5.75 Å². The molecule has 1 unspecified atom stereocenters. The fraction of sp³-hybridized carbons (Fsp3) is 0.250. The van der Waals surface area contributed by atoms with Crippen LogP contribution >= 0.6 is 11.6 Å². The van der Waals surface area contributed by atoms with Crippen LogP contribution in [0.5, 0.6) is 5.75 Å². The maximum atomic E-state index is 12.3. The van der Waals surface area contributed by atoms with Crippen LogP contribution in [0.2, 0.25) is 5.02 Å². The number of amides is 2. The summed E-state index contributed by atoms with van der Waals surface area (Å²) in [4.78, 5) is 38.1. The molecule has 0 bridgehead atoms. The Labute approximate surface area is 167 Å². The lowest BCUT2D eigenvalue weighted by molar-refractivity contribution is -0.151. The Morgan fingerprint density at radius 1 is 1.21 bits per heavy atom. The predicted molar refractivity (Wildman–Crippen MR) is 104 cm³/mol. The van der Waals surface area contributed by atoms with Gasteiger partial charge in [0.15, 0.2) is 6.61 Å². The minimum absolute atomic E-state index is 0.0530. The highest BCUT2D eigenvalue weighted by atomic mass is 35.5. The summed E-state index contributed by atoms with van der Waals surface area (Å²) in [7, 11) is 1.47. The van der Waals surface area contributed by atoms with Crippen molar-refractivity contribution in [2.45, 2.75) is 6.42 Å². The SMILES string of the molecule is COc1ccc(Cl)cc1NC(=O)COC(=O)C1CC(=O)N(c2ccccc2)C1. The topological polar surface area (TPSA) is 84.9 Å². The van der Waals surface area contributed by atoms with E-state index in [9.17, 15) is 14.4 Å². The molecule has 0 aromatic heterocycles. The minimum Gasteiger partial charge on any atom is -0.495 e. The Morgan fingerprint density at radius 2 is 1.96 bits per heavy atom. The largest absolute Gasteiger partial charge is 0.495 e. The van der Waals surface area contributed by atoms with Gasteiger partial charge in [-0.05, 0) is 30.3 Å². The summed E-state index contributed by atoms with van der Waals surface area (Å²) in [6.45, 7) is -0.240. The first-order valence-corrected chi connectivity index (χ1v) is 9.01. The number of carbonyl (C=O) groups is 3. The Kier molecular flexibility index (Phi) is 6.16. The van der Waals surface area contributed by atoms with E-state index >= 15 is 0 Å². The van der Waals surface area contributed by atoms with E-state index in [1.807, 2.05) is 18.2 Å². The van der Waals surface area contributed by atoms with Gasteiger partial charge < -0.3 is 19.7 Å². The van der Waals surface area contributed by atoms with Gasteiger partial charge in [0.2, 0.25) is 5.91 Å². The number of hydrogen-bond acceptors (Lipinski definition) is 5. The van der Waals surface area contributed by atoms with E-state index in [4.69, 9.17) is 21.1 Å². The number of methoxy groups -OCH3 is 1. The number of esters is 1. The van der Waals surface area contributed by atoms with Gasteiger partial charge in [-0.1, -0.05) is 29.8 Å². The number of nitrogens with zero attached hydrogens (tertiary/aromatic N) is 1. The van der Waals surface area contributed by atoms with Crippen LogP contribution in [0, 0.1) is 5.92 Å². The fourth-order valence-corrected chi connectivity index (χ4v) is 3.11. The summed E-state index contributed by atoms with van der Waals surface area (Å²) in [5, 5.41) is 3.02.